The summed E-state index contributed by atoms with van der Waals surface area (Å²) in [5.41, 5.74) is 2.95. The fourth-order valence-electron chi connectivity index (χ4n) is 2.20. The third-order valence-electron chi connectivity index (χ3n) is 3.24. The van der Waals surface area contributed by atoms with Crippen LogP contribution in [0.4, 0.5) is 11.4 Å². The van der Waals surface area contributed by atoms with Gasteiger partial charge in [-0.05, 0) is 32.0 Å². The van der Waals surface area contributed by atoms with Crippen molar-refractivity contribution in [1.29, 1.82) is 0 Å². The van der Waals surface area contributed by atoms with Crippen LogP contribution in [-0.2, 0) is 0 Å². The average molecular weight is 296 g/mol. The number of aryl methyl sites for hydroxylation is 1. The van der Waals surface area contributed by atoms with E-state index in [4.69, 9.17) is 4.74 Å². The van der Waals surface area contributed by atoms with Gasteiger partial charge in [0.25, 0.3) is 0 Å². The van der Waals surface area contributed by atoms with Gasteiger partial charge < -0.3 is 15.0 Å². The van der Waals surface area contributed by atoms with E-state index in [-0.39, 0.29) is 5.56 Å². The summed E-state index contributed by atoms with van der Waals surface area (Å²) in [5.74, 6) is 0.743. The van der Waals surface area contributed by atoms with Crippen molar-refractivity contribution >= 4 is 22.4 Å². The molecule has 0 aliphatic rings. The number of hydrogen-bond acceptors (Lipinski definition) is 5. The van der Waals surface area contributed by atoms with Crippen LogP contribution >= 0.6 is 0 Å². The molecular formula is C16H16N4O2. The Hall–Kier alpha value is -2.89. The summed E-state index contributed by atoms with van der Waals surface area (Å²) in [6.07, 6.45) is 3.32. The lowest BCUT2D eigenvalue weighted by atomic mass is 10.2. The number of aromatic nitrogens is 3. The van der Waals surface area contributed by atoms with E-state index in [2.05, 4.69) is 20.3 Å². The molecule has 0 atom stereocenters. The molecule has 2 N–H and O–H groups in total. The van der Waals surface area contributed by atoms with Crippen molar-refractivity contribution < 1.29 is 4.74 Å². The second-order valence-electron chi connectivity index (χ2n) is 4.80. The first-order chi connectivity index (χ1) is 10.7. The highest BCUT2D eigenvalue weighted by molar-refractivity contribution is 5.91. The number of H-pyrrole nitrogens is 1. The molecule has 0 spiro atoms. The predicted octanol–water partition coefficient (Wildman–Crippen LogP) is 2.77. The number of pyridine rings is 3. The Kier molecular flexibility index (Phi) is 3.74. The van der Waals surface area contributed by atoms with Crippen molar-refractivity contribution in [3.05, 3.63) is 52.7 Å². The van der Waals surface area contributed by atoms with Gasteiger partial charge in [0.1, 0.15) is 5.75 Å². The third kappa shape index (κ3) is 2.76. The molecule has 0 bridgehead atoms. The fourth-order valence-corrected chi connectivity index (χ4v) is 2.20. The molecule has 0 saturated carbocycles. The molecule has 6 heteroatoms. The molecule has 0 unspecified atom stereocenters. The van der Waals surface area contributed by atoms with Crippen molar-refractivity contribution in [1.82, 2.24) is 15.0 Å². The first-order valence-electron chi connectivity index (χ1n) is 7.02. The smallest absolute Gasteiger partial charge is 0.248 e. The minimum absolute atomic E-state index is 0.138. The zero-order chi connectivity index (χ0) is 15.5. The Labute approximate surface area is 127 Å². The number of ether oxygens (including phenoxy) is 1. The van der Waals surface area contributed by atoms with Gasteiger partial charge in [0.2, 0.25) is 5.56 Å². The quantitative estimate of drug-likeness (QED) is 0.774. The second kappa shape index (κ2) is 5.85. The van der Waals surface area contributed by atoms with E-state index < -0.39 is 0 Å². The Morgan fingerprint density at radius 1 is 1.32 bits per heavy atom. The Morgan fingerprint density at radius 3 is 2.91 bits per heavy atom. The summed E-state index contributed by atoms with van der Waals surface area (Å²) < 4.78 is 5.60. The van der Waals surface area contributed by atoms with Crippen molar-refractivity contribution in [2.75, 3.05) is 11.9 Å². The molecule has 0 aromatic carbocycles. The Balaban J connectivity index is 2.06. The van der Waals surface area contributed by atoms with E-state index in [0.717, 1.165) is 28.2 Å². The van der Waals surface area contributed by atoms with Crippen LogP contribution in [0.2, 0.25) is 0 Å². The van der Waals surface area contributed by atoms with Crippen molar-refractivity contribution in [3.8, 4) is 5.75 Å². The van der Waals surface area contributed by atoms with Crippen LogP contribution in [0.25, 0.3) is 11.0 Å². The molecule has 0 amide bonds. The monoisotopic (exact) mass is 296 g/mol. The fraction of sp³-hybridized carbons (Fsp3) is 0.188. The number of aromatic amines is 1. The van der Waals surface area contributed by atoms with E-state index in [1.54, 1.807) is 18.5 Å². The number of nitrogens with one attached hydrogen (secondary N) is 2. The van der Waals surface area contributed by atoms with Crippen LogP contribution in [0.3, 0.4) is 0 Å². The number of rotatable bonds is 4. The maximum Gasteiger partial charge on any atom is 0.248 e. The number of anilines is 2. The largest absolute Gasteiger partial charge is 0.492 e. The van der Waals surface area contributed by atoms with Crippen LogP contribution in [0, 0.1) is 6.92 Å². The van der Waals surface area contributed by atoms with Crippen LogP contribution in [0.1, 0.15) is 12.6 Å². The zero-order valence-electron chi connectivity index (χ0n) is 12.4. The molecule has 6 nitrogen and oxygen atoms in total. The topological polar surface area (TPSA) is 79.9 Å². The summed E-state index contributed by atoms with van der Waals surface area (Å²) in [5, 5.41) is 4.12. The van der Waals surface area contributed by atoms with Gasteiger partial charge in [-0.3, -0.25) is 4.79 Å². The van der Waals surface area contributed by atoms with Crippen molar-refractivity contribution in [3.63, 3.8) is 0 Å². The molecule has 0 saturated heterocycles. The number of nitrogens with zero attached hydrogens (tertiary/aromatic N) is 2. The summed E-state index contributed by atoms with van der Waals surface area (Å²) in [6.45, 7) is 4.41. The normalized spacial score (nSPS) is 10.6. The first kappa shape index (κ1) is 14.1. The maximum atomic E-state index is 11.1. The van der Waals surface area contributed by atoms with Crippen molar-refractivity contribution in [2.45, 2.75) is 13.8 Å². The minimum Gasteiger partial charge on any atom is -0.492 e. The van der Waals surface area contributed by atoms with E-state index in [1.165, 1.54) is 6.07 Å². The molecule has 112 valence electrons. The van der Waals surface area contributed by atoms with Crippen LogP contribution < -0.4 is 15.6 Å². The molecule has 22 heavy (non-hydrogen) atoms. The molecule has 3 aromatic heterocycles. The summed E-state index contributed by atoms with van der Waals surface area (Å²) in [7, 11) is 0. The van der Waals surface area contributed by atoms with E-state index >= 15 is 0 Å². The van der Waals surface area contributed by atoms with Crippen LogP contribution in [0.15, 0.2) is 41.5 Å². The lowest BCUT2D eigenvalue weighted by molar-refractivity contribution is 0.337. The number of fused-ring (bicyclic) bond motifs is 1. The Bertz CT molecular complexity index is 853. The van der Waals surface area contributed by atoms with Gasteiger partial charge in [-0.2, -0.15) is 0 Å². The minimum atomic E-state index is -0.138. The highest BCUT2D eigenvalue weighted by atomic mass is 16.5. The third-order valence-corrected chi connectivity index (χ3v) is 3.24. The maximum absolute atomic E-state index is 11.1. The van der Waals surface area contributed by atoms with Gasteiger partial charge in [0, 0.05) is 23.8 Å². The van der Waals surface area contributed by atoms with E-state index in [1.807, 2.05) is 26.0 Å². The lowest BCUT2D eigenvalue weighted by Gasteiger charge is -2.12. The van der Waals surface area contributed by atoms with Gasteiger partial charge in [0.15, 0.2) is 5.65 Å². The molecular weight excluding hydrogens is 280 g/mol. The molecule has 3 aromatic rings. The predicted molar refractivity (Wildman–Crippen MR) is 85.8 cm³/mol. The molecule has 0 aliphatic heterocycles. The molecule has 0 aliphatic carbocycles. The second-order valence-corrected chi connectivity index (χ2v) is 4.80. The first-order valence-corrected chi connectivity index (χ1v) is 7.02. The van der Waals surface area contributed by atoms with E-state index in [0.29, 0.717) is 12.3 Å². The summed E-state index contributed by atoms with van der Waals surface area (Å²) >= 11 is 0. The molecule has 3 rings (SSSR count). The number of hydrogen-bond donors (Lipinski definition) is 2. The standard InChI is InChI=1S/C16H16N4O2/c1-3-22-14-8-12-13(6-7-17-16(12)19-10(14)2)20-11-4-5-15(21)18-9-11/h4-9H,3H2,1-2H3,(H,18,21)(H,17,19,20). The Morgan fingerprint density at radius 2 is 2.18 bits per heavy atom. The van der Waals surface area contributed by atoms with E-state index in [9.17, 15) is 4.79 Å². The summed E-state index contributed by atoms with van der Waals surface area (Å²) in [4.78, 5) is 22.5. The zero-order valence-corrected chi connectivity index (χ0v) is 12.4. The molecule has 3 heterocycles. The average Bonchev–Trinajstić information content (AvgIpc) is 2.51. The van der Waals surface area contributed by atoms with Crippen LogP contribution in [0.5, 0.6) is 5.75 Å². The SMILES string of the molecule is CCOc1cc2c(Nc3ccc(=O)[nH]c3)ccnc2nc1C. The van der Waals surface area contributed by atoms with Crippen molar-refractivity contribution in [2.24, 2.45) is 0 Å². The van der Waals surface area contributed by atoms with Gasteiger partial charge >= 0.3 is 0 Å². The van der Waals surface area contributed by atoms with Crippen LogP contribution in [-0.4, -0.2) is 21.6 Å². The highest BCUT2D eigenvalue weighted by Gasteiger charge is 2.09. The lowest BCUT2D eigenvalue weighted by Crippen LogP contribution is -2.03. The highest BCUT2D eigenvalue weighted by Crippen LogP contribution is 2.28. The summed E-state index contributed by atoms with van der Waals surface area (Å²) in [6, 6.07) is 6.98. The van der Waals surface area contributed by atoms with Gasteiger partial charge in [0.05, 0.1) is 23.7 Å². The van der Waals surface area contributed by atoms with Gasteiger partial charge in [-0.15, -0.1) is 0 Å². The molecule has 0 radical (unpaired) electrons. The molecule has 0 fully saturated rings. The van der Waals surface area contributed by atoms with Gasteiger partial charge in [-0.1, -0.05) is 0 Å². The van der Waals surface area contributed by atoms with Gasteiger partial charge in [-0.25, -0.2) is 9.97 Å².